The zero-order chi connectivity index (χ0) is 16.1. The average Bonchev–Trinajstić information content (AvgIpc) is 2.38. The first kappa shape index (κ1) is 18.5. The van der Waals surface area contributed by atoms with Crippen LogP contribution in [-0.4, -0.2) is 30.6 Å². The molecule has 0 aliphatic carbocycles. The van der Waals surface area contributed by atoms with Gasteiger partial charge in [-0.15, -0.1) is 0 Å². The Kier molecular flexibility index (Phi) is 6.71. The first-order valence-electron chi connectivity index (χ1n) is 7.81. The van der Waals surface area contributed by atoms with E-state index in [-0.39, 0.29) is 11.0 Å². The summed E-state index contributed by atoms with van der Waals surface area (Å²) < 4.78 is 0. The molecule has 120 valence electrons. The fourth-order valence-corrected chi connectivity index (χ4v) is 2.51. The van der Waals surface area contributed by atoms with Crippen molar-refractivity contribution in [3.63, 3.8) is 0 Å². The van der Waals surface area contributed by atoms with Gasteiger partial charge in [0.05, 0.1) is 0 Å². The van der Waals surface area contributed by atoms with Crippen molar-refractivity contribution in [2.24, 2.45) is 5.41 Å². The van der Waals surface area contributed by atoms with Crippen LogP contribution in [0.25, 0.3) is 0 Å². The van der Waals surface area contributed by atoms with Gasteiger partial charge in [0.2, 0.25) is 0 Å². The van der Waals surface area contributed by atoms with Crippen LogP contribution in [-0.2, 0) is 6.54 Å². The molecule has 0 amide bonds. The van der Waals surface area contributed by atoms with Crippen LogP contribution in [0.5, 0.6) is 0 Å². The quantitative estimate of drug-likeness (QED) is 0.793. The highest BCUT2D eigenvalue weighted by atomic mass is 35.5. The monoisotopic (exact) mass is 310 g/mol. The number of nitrogens with one attached hydrogen (secondary N) is 1. The summed E-state index contributed by atoms with van der Waals surface area (Å²) in [6, 6.07) is 8.14. The lowest BCUT2D eigenvalue weighted by molar-refractivity contribution is 0.164. The predicted molar refractivity (Wildman–Crippen MR) is 93.9 cm³/mol. The van der Waals surface area contributed by atoms with Crippen molar-refractivity contribution in [3.8, 4) is 0 Å². The van der Waals surface area contributed by atoms with Gasteiger partial charge in [0.25, 0.3) is 0 Å². The predicted octanol–water partition coefficient (Wildman–Crippen LogP) is 4.58. The highest BCUT2D eigenvalue weighted by molar-refractivity contribution is 6.30. The van der Waals surface area contributed by atoms with E-state index in [2.05, 4.69) is 64.0 Å². The van der Waals surface area contributed by atoms with Crippen molar-refractivity contribution in [2.45, 2.75) is 53.1 Å². The van der Waals surface area contributed by atoms with Crippen LogP contribution < -0.4 is 5.32 Å². The van der Waals surface area contributed by atoms with Gasteiger partial charge < -0.3 is 10.2 Å². The minimum absolute atomic E-state index is 0.172. The molecule has 3 heteroatoms. The number of nitrogens with zero attached hydrogens (tertiary/aromatic N) is 1. The highest BCUT2D eigenvalue weighted by Gasteiger charge is 2.25. The van der Waals surface area contributed by atoms with E-state index in [9.17, 15) is 0 Å². The molecule has 0 aliphatic rings. The molecule has 0 saturated heterocycles. The Morgan fingerprint density at radius 3 is 2.14 bits per heavy atom. The molecule has 0 bridgehead atoms. The maximum absolute atomic E-state index is 5.94. The minimum Gasteiger partial charge on any atom is -0.311 e. The SMILES string of the molecule is CCC(C)(CNC(C)(C)C)CN(C)Cc1ccc(Cl)cc1. The van der Waals surface area contributed by atoms with Gasteiger partial charge >= 0.3 is 0 Å². The van der Waals surface area contributed by atoms with Crippen molar-refractivity contribution in [3.05, 3.63) is 34.9 Å². The number of benzene rings is 1. The molecule has 1 aromatic rings. The third-order valence-corrected chi connectivity index (χ3v) is 4.17. The first-order chi connectivity index (χ1) is 9.63. The second-order valence-corrected chi connectivity index (χ2v) is 8.00. The molecule has 1 atom stereocenters. The third kappa shape index (κ3) is 7.30. The zero-order valence-electron chi connectivity index (χ0n) is 14.5. The van der Waals surface area contributed by atoms with Crippen molar-refractivity contribution >= 4 is 11.6 Å². The molecule has 1 rings (SSSR count). The summed E-state index contributed by atoms with van der Waals surface area (Å²) in [7, 11) is 2.19. The molecular weight excluding hydrogens is 280 g/mol. The van der Waals surface area contributed by atoms with Gasteiger partial charge in [-0.2, -0.15) is 0 Å². The maximum atomic E-state index is 5.94. The van der Waals surface area contributed by atoms with Gasteiger partial charge in [-0.3, -0.25) is 0 Å². The van der Waals surface area contributed by atoms with E-state index in [1.807, 2.05) is 12.1 Å². The molecule has 1 aromatic carbocycles. The standard InChI is InChI=1S/C18H31ClN2/c1-7-18(5,13-20-17(2,3)4)14-21(6)12-15-8-10-16(19)11-9-15/h8-11,20H,7,12-14H2,1-6H3. The summed E-state index contributed by atoms with van der Waals surface area (Å²) in [5.41, 5.74) is 1.77. The van der Waals surface area contributed by atoms with Crippen molar-refractivity contribution in [2.75, 3.05) is 20.1 Å². The Morgan fingerprint density at radius 1 is 1.10 bits per heavy atom. The zero-order valence-corrected chi connectivity index (χ0v) is 15.2. The first-order valence-corrected chi connectivity index (χ1v) is 8.19. The Morgan fingerprint density at radius 2 is 1.67 bits per heavy atom. The third-order valence-electron chi connectivity index (χ3n) is 3.92. The van der Waals surface area contributed by atoms with Crippen LogP contribution in [0.1, 0.15) is 46.6 Å². The molecule has 1 N–H and O–H groups in total. The van der Waals surface area contributed by atoms with E-state index in [1.54, 1.807) is 0 Å². The second-order valence-electron chi connectivity index (χ2n) is 7.57. The van der Waals surface area contributed by atoms with E-state index in [4.69, 9.17) is 11.6 Å². The van der Waals surface area contributed by atoms with E-state index < -0.39 is 0 Å². The Bertz CT molecular complexity index is 422. The fraction of sp³-hybridized carbons (Fsp3) is 0.667. The number of hydrogen-bond acceptors (Lipinski definition) is 2. The molecule has 0 aliphatic heterocycles. The molecule has 0 fully saturated rings. The Labute approximate surface area is 135 Å². The molecule has 0 heterocycles. The lowest BCUT2D eigenvalue weighted by atomic mass is 9.86. The molecule has 0 aromatic heterocycles. The lowest BCUT2D eigenvalue weighted by Gasteiger charge is -2.36. The van der Waals surface area contributed by atoms with Crippen molar-refractivity contribution < 1.29 is 0 Å². The number of halogens is 1. The minimum atomic E-state index is 0.172. The molecule has 2 nitrogen and oxygen atoms in total. The largest absolute Gasteiger partial charge is 0.311 e. The fourth-order valence-electron chi connectivity index (χ4n) is 2.38. The molecule has 0 saturated carbocycles. The van der Waals surface area contributed by atoms with Gasteiger partial charge in [-0.1, -0.05) is 37.6 Å². The summed E-state index contributed by atoms with van der Waals surface area (Å²) in [6.07, 6.45) is 1.17. The van der Waals surface area contributed by atoms with Gasteiger partial charge in [0.1, 0.15) is 0 Å². The summed E-state index contributed by atoms with van der Waals surface area (Å²) in [5, 5.41) is 4.45. The van der Waals surface area contributed by atoms with Crippen molar-refractivity contribution in [1.82, 2.24) is 10.2 Å². The lowest BCUT2D eigenvalue weighted by Crippen LogP contribution is -2.46. The smallest absolute Gasteiger partial charge is 0.0406 e. The van der Waals surface area contributed by atoms with E-state index in [0.29, 0.717) is 0 Å². The molecule has 0 radical (unpaired) electrons. The highest BCUT2D eigenvalue weighted by Crippen LogP contribution is 2.23. The van der Waals surface area contributed by atoms with Crippen LogP contribution in [0, 0.1) is 5.41 Å². The molecular formula is C18H31ClN2. The molecule has 1 unspecified atom stereocenters. The number of hydrogen-bond donors (Lipinski definition) is 1. The topological polar surface area (TPSA) is 15.3 Å². The summed E-state index contributed by atoms with van der Waals surface area (Å²) >= 11 is 5.94. The van der Waals surface area contributed by atoms with Crippen LogP contribution in [0.15, 0.2) is 24.3 Å². The van der Waals surface area contributed by atoms with E-state index >= 15 is 0 Å². The summed E-state index contributed by atoms with van der Waals surface area (Å²) in [4.78, 5) is 2.40. The molecule has 0 spiro atoms. The Balaban J connectivity index is 2.56. The van der Waals surface area contributed by atoms with Crippen molar-refractivity contribution in [1.29, 1.82) is 0 Å². The van der Waals surface area contributed by atoms with E-state index in [0.717, 1.165) is 24.7 Å². The van der Waals surface area contributed by atoms with Crippen LogP contribution >= 0.6 is 11.6 Å². The van der Waals surface area contributed by atoms with Crippen LogP contribution in [0.4, 0.5) is 0 Å². The average molecular weight is 311 g/mol. The van der Waals surface area contributed by atoms with Gasteiger partial charge in [-0.05, 0) is 57.4 Å². The van der Waals surface area contributed by atoms with Gasteiger partial charge in [-0.25, -0.2) is 0 Å². The maximum Gasteiger partial charge on any atom is 0.0406 e. The Hall–Kier alpha value is -0.570. The molecule has 21 heavy (non-hydrogen) atoms. The summed E-state index contributed by atoms with van der Waals surface area (Å²) in [5.74, 6) is 0. The second kappa shape index (κ2) is 7.62. The normalized spacial score (nSPS) is 15.2. The van der Waals surface area contributed by atoms with E-state index in [1.165, 1.54) is 12.0 Å². The van der Waals surface area contributed by atoms with Crippen LogP contribution in [0.2, 0.25) is 5.02 Å². The van der Waals surface area contributed by atoms with Crippen LogP contribution in [0.3, 0.4) is 0 Å². The number of rotatable bonds is 7. The van der Waals surface area contributed by atoms with Gasteiger partial charge in [0.15, 0.2) is 0 Å². The summed E-state index contributed by atoms with van der Waals surface area (Å²) in [6.45, 7) is 14.4. The van der Waals surface area contributed by atoms with Gasteiger partial charge in [0, 0.05) is 30.2 Å².